The van der Waals surface area contributed by atoms with Crippen molar-refractivity contribution in [3.8, 4) is 0 Å². The number of nitrogens with zero attached hydrogens (tertiary/aromatic N) is 1. The van der Waals surface area contributed by atoms with Crippen molar-refractivity contribution in [3.63, 3.8) is 0 Å². The number of rotatable bonds is 2. The van der Waals surface area contributed by atoms with Gasteiger partial charge in [-0.2, -0.15) is 0 Å². The van der Waals surface area contributed by atoms with Crippen molar-refractivity contribution in [2.75, 3.05) is 13.1 Å². The Bertz CT molecular complexity index is 240. The Labute approximate surface area is 96.6 Å². The zero-order chi connectivity index (χ0) is 12.3. The largest absolute Gasteiger partial charge is 0.460 e. The second-order valence-corrected chi connectivity index (χ2v) is 5.26. The fraction of sp³-hybridized carbons (Fsp3) is 0.909. The fourth-order valence-electron chi connectivity index (χ4n) is 1.78. The molecule has 0 bridgehead atoms. The van der Waals surface area contributed by atoms with Gasteiger partial charge in [0.15, 0.2) is 6.35 Å². The van der Waals surface area contributed by atoms with Crippen LogP contribution in [0.2, 0.25) is 0 Å². The molecule has 1 saturated heterocycles. The van der Waals surface area contributed by atoms with Crippen molar-refractivity contribution < 1.29 is 14.6 Å². The number of hydrogen-bond acceptors (Lipinski definition) is 5. The minimum atomic E-state index is -0.917. The van der Waals surface area contributed by atoms with Crippen molar-refractivity contribution >= 4 is 5.97 Å². The predicted octanol–water partition coefficient (Wildman–Crippen LogP) is 0.275. The van der Waals surface area contributed by atoms with E-state index < -0.39 is 12.0 Å². The van der Waals surface area contributed by atoms with Crippen LogP contribution in [0.5, 0.6) is 0 Å². The van der Waals surface area contributed by atoms with Gasteiger partial charge in [-0.3, -0.25) is 15.4 Å². The Morgan fingerprint density at radius 3 is 2.31 bits per heavy atom. The number of carbonyl (C=O) groups excluding carboxylic acids is 1. The maximum Gasteiger partial charge on any atom is 0.309 e. The van der Waals surface area contributed by atoms with Gasteiger partial charge in [0.05, 0.1) is 5.92 Å². The first-order chi connectivity index (χ1) is 7.29. The molecule has 3 N–H and O–H groups in total. The molecule has 1 heterocycles. The molecule has 1 rings (SSSR count). The third-order valence-electron chi connectivity index (χ3n) is 2.64. The second kappa shape index (κ2) is 5.12. The molecule has 1 aliphatic heterocycles. The van der Waals surface area contributed by atoms with Crippen LogP contribution in [0, 0.1) is 5.92 Å². The van der Waals surface area contributed by atoms with Gasteiger partial charge in [-0.1, -0.05) is 0 Å². The normalized spacial score (nSPS) is 21.8. The predicted molar refractivity (Wildman–Crippen MR) is 60.3 cm³/mol. The summed E-state index contributed by atoms with van der Waals surface area (Å²) < 4.78 is 5.32. The first-order valence-corrected chi connectivity index (χ1v) is 5.70. The minimum Gasteiger partial charge on any atom is -0.460 e. The average molecular weight is 230 g/mol. The van der Waals surface area contributed by atoms with Gasteiger partial charge in [-0.15, -0.1) is 0 Å². The molecule has 1 unspecified atom stereocenters. The van der Waals surface area contributed by atoms with E-state index >= 15 is 0 Å². The zero-order valence-electron chi connectivity index (χ0n) is 10.3. The van der Waals surface area contributed by atoms with Crippen molar-refractivity contribution in [1.29, 1.82) is 0 Å². The molecule has 1 atom stereocenters. The minimum absolute atomic E-state index is 0.0609. The number of esters is 1. The van der Waals surface area contributed by atoms with Crippen LogP contribution >= 0.6 is 0 Å². The number of ether oxygens (including phenoxy) is 1. The lowest BCUT2D eigenvalue weighted by Crippen LogP contribution is -2.47. The van der Waals surface area contributed by atoms with Crippen LogP contribution in [0.25, 0.3) is 0 Å². The smallest absolute Gasteiger partial charge is 0.309 e. The second-order valence-electron chi connectivity index (χ2n) is 5.26. The molecule has 0 radical (unpaired) electrons. The van der Waals surface area contributed by atoms with Gasteiger partial charge in [0.25, 0.3) is 0 Å². The third-order valence-corrected chi connectivity index (χ3v) is 2.64. The van der Waals surface area contributed by atoms with Crippen molar-refractivity contribution in [2.45, 2.75) is 45.6 Å². The molecule has 0 amide bonds. The number of aliphatic hydroxyl groups excluding tert-OH is 1. The monoisotopic (exact) mass is 230 g/mol. The van der Waals surface area contributed by atoms with Crippen LogP contribution in [0.1, 0.15) is 33.6 Å². The molecule has 0 aliphatic carbocycles. The lowest BCUT2D eigenvalue weighted by Gasteiger charge is -2.33. The first-order valence-electron chi connectivity index (χ1n) is 5.70. The van der Waals surface area contributed by atoms with Crippen LogP contribution in [-0.4, -0.2) is 41.0 Å². The van der Waals surface area contributed by atoms with E-state index in [4.69, 9.17) is 10.5 Å². The summed E-state index contributed by atoms with van der Waals surface area (Å²) in [6, 6.07) is 0. The van der Waals surface area contributed by atoms with Crippen LogP contribution < -0.4 is 5.73 Å². The standard InChI is InChI=1S/C11H22N2O3/c1-11(2,3)16-9(14)8-4-6-13(7-5-8)10(12)15/h8,10,15H,4-7,12H2,1-3H3. The van der Waals surface area contributed by atoms with Crippen molar-refractivity contribution in [1.82, 2.24) is 4.90 Å². The Morgan fingerprint density at radius 2 is 1.94 bits per heavy atom. The summed E-state index contributed by atoms with van der Waals surface area (Å²) in [4.78, 5) is 13.5. The third kappa shape index (κ3) is 4.08. The van der Waals surface area contributed by atoms with Gasteiger partial charge < -0.3 is 9.84 Å². The maximum atomic E-state index is 11.8. The number of piperidine rings is 1. The number of hydrogen-bond donors (Lipinski definition) is 2. The van der Waals surface area contributed by atoms with E-state index in [2.05, 4.69) is 0 Å². The van der Waals surface area contributed by atoms with Gasteiger partial charge in [0.1, 0.15) is 5.60 Å². The molecule has 94 valence electrons. The lowest BCUT2D eigenvalue weighted by atomic mass is 9.97. The summed E-state index contributed by atoms with van der Waals surface area (Å²) in [6.45, 7) is 6.88. The van der Waals surface area contributed by atoms with E-state index in [1.807, 2.05) is 20.8 Å². The number of carbonyl (C=O) groups is 1. The molecule has 5 heteroatoms. The van der Waals surface area contributed by atoms with Crippen molar-refractivity contribution in [3.05, 3.63) is 0 Å². The molecule has 16 heavy (non-hydrogen) atoms. The van der Waals surface area contributed by atoms with E-state index in [9.17, 15) is 9.90 Å². The highest BCUT2D eigenvalue weighted by Crippen LogP contribution is 2.21. The molecular formula is C11H22N2O3. The average Bonchev–Trinajstić information content (AvgIpc) is 2.15. The van der Waals surface area contributed by atoms with Crippen molar-refractivity contribution in [2.24, 2.45) is 11.7 Å². The summed E-state index contributed by atoms with van der Waals surface area (Å²) in [5.74, 6) is -0.201. The quantitative estimate of drug-likeness (QED) is 0.526. The molecule has 0 aromatic heterocycles. The van der Waals surface area contributed by atoms with E-state index in [1.165, 1.54) is 0 Å². The van der Waals surface area contributed by atoms with E-state index in [1.54, 1.807) is 4.90 Å². The molecule has 0 aromatic carbocycles. The number of likely N-dealkylation sites (tertiary alicyclic amines) is 1. The molecule has 0 aromatic rings. The van der Waals surface area contributed by atoms with Gasteiger partial charge >= 0.3 is 5.97 Å². The summed E-state index contributed by atoms with van der Waals surface area (Å²) >= 11 is 0. The summed E-state index contributed by atoms with van der Waals surface area (Å²) in [5.41, 5.74) is 4.93. The first kappa shape index (κ1) is 13.4. The molecule has 1 aliphatic rings. The van der Waals surface area contributed by atoms with Gasteiger partial charge in [0.2, 0.25) is 0 Å². The molecular weight excluding hydrogens is 208 g/mol. The highest BCUT2D eigenvalue weighted by atomic mass is 16.6. The zero-order valence-corrected chi connectivity index (χ0v) is 10.3. The fourth-order valence-corrected chi connectivity index (χ4v) is 1.78. The van der Waals surface area contributed by atoms with Crippen LogP contribution in [0.4, 0.5) is 0 Å². The number of aliphatic hydroxyl groups is 1. The van der Waals surface area contributed by atoms with E-state index in [0.29, 0.717) is 25.9 Å². The summed E-state index contributed by atoms with van der Waals surface area (Å²) in [5, 5.41) is 9.18. The van der Waals surface area contributed by atoms with Crippen LogP contribution in [-0.2, 0) is 9.53 Å². The van der Waals surface area contributed by atoms with Gasteiger partial charge in [0, 0.05) is 13.1 Å². The number of nitrogens with two attached hydrogens (primary N) is 1. The molecule has 0 spiro atoms. The summed E-state index contributed by atoms with van der Waals surface area (Å²) in [7, 11) is 0. The van der Waals surface area contributed by atoms with E-state index in [0.717, 1.165) is 0 Å². The Hall–Kier alpha value is -0.650. The Kier molecular flexibility index (Phi) is 4.29. The highest BCUT2D eigenvalue weighted by Gasteiger charge is 2.30. The maximum absolute atomic E-state index is 11.8. The topological polar surface area (TPSA) is 75.8 Å². The lowest BCUT2D eigenvalue weighted by molar-refractivity contribution is -0.162. The molecule has 0 saturated carbocycles. The van der Waals surface area contributed by atoms with Crippen LogP contribution in [0.3, 0.4) is 0 Å². The van der Waals surface area contributed by atoms with Gasteiger partial charge in [-0.05, 0) is 33.6 Å². The SMILES string of the molecule is CC(C)(C)OC(=O)C1CCN(C(N)O)CC1. The highest BCUT2D eigenvalue weighted by molar-refractivity contribution is 5.73. The summed E-state index contributed by atoms with van der Waals surface area (Å²) in [6.07, 6.45) is 0.478. The van der Waals surface area contributed by atoms with Crippen LogP contribution in [0.15, 0.2) is 0 Å². The van der Waals surface area contributed by atoms with E-state index in [-0.39, 0.29) is 11.9 Å². The molecule has 5 nitrogen and oxygen atoms in total. The Morgan fingerprint density at radius 1 is 1.44 bits per heavy atom. The van der Waals surface area contributed by atoms with Gasteiger partial charge in [-0.25, -0.2) is 0 Å². The Balaban J connectivity index is 2.39. The molecule has 1 fully saturated rings.